The van der Waals surface area contributed by atoms with Crippen LogP contribution in [-0.4, -0.2) is 19.7 Å². The molecular weight excluding hydrogens is 154 g/mol. The third-order valence-corrected chi connectivity index (χ3v) is 1.44. The molecule has 0 atom stereocenters. The van der Waals surface area contributed by atoms with Gasteiger partial charge in [-0.2, -0.15) is 0 Å². The van der Waals surface area contributed by atoms with E-state index >= 15 is 0 Å². The number of hydrogen-bond donors (Lipinski definition) is 0. The predicted molar refractivity (Wildman–Crippen MR) is 34.7 cm³/mol. The molecule has 0 fully saturated rings. The van der Waals surface area contributed by atoms with E-state index in [2.05, 4.69) is 9.40 Å². The second-order valence-corrected chi connectivity index (χ2v) is 3.75. The van der Waals surface area contributed by atoms with Crippen molar-refractivity contribution in [3.8, 4) is 0 Å². The molecule has 1 heterocycles. The summed E-state index contributed by atoms with van der Waals surface area (Å²) < 4.78 is 25.8. The predicted octanol–water partition coefficient (Wildman–Crippen LogP) is 0.229. The zero-order valence-corrected chi connectivity index (χ0v) is 6.13. The lowest BCUT2D eigenvalue weighted by molar-refractivity contribution is 0.534. The Kier molecular flexibility index (Phi) is 1.76. The van der Waals surface area contributed by atoms with Crippen molar-refractivity contribution in [1.82, 2.24) is 4.98 Å². The van der Waals surface area contributed by atoms with Crippen molar-refractivity contribution in [2.75, 3.05) is 6.26 Å². The van der Waals surface area contributed by atoms with E-state index in [4.69, 9.17) is 0 Å². The third kappa shape index (κ3) is 2.18. The van der Waals surface area contributed by atoms with E-state index < -0.39 is 9.84 Å². The molecule has 0 saturated carbocycles. The van der Waals surface area contributed by atoms with Crippen LogP contribution in [0.3, 0.4) is 0 Å². The van der Waals surface area contributed by atoms with Crippen molar-refractivity contribution >= 4 is 9.84 Å². The molecule has 5 heteroatoms. The van der Waals surface area contributed by atoms with Gasteiger partial charge in [0.25, 0.3) is 0 Å². The van der Waals surface area contributed by atoms with E-state index in [1.54, 1.807) is 0 Å². The number of aromatic nitrogens is 1. The van der Waals surface area contributed by atoms with Gasteiger partial charge in [-0.05, 0) is 0 Å². The Balaban J connectivity index is 2.75. The lowest BCUT2D eigenvalue weighted by Gasteiger charge is -1.88. The lowest BCUT2D eigenvalue weighted by Crippen LogP contribution is -1.95. The summed E-state index contributed by atoms with van der Waals surface area (Å²) in [6.07, 6.45) is 3.60. The van der Waals surface area contributed by atoms with Gasteiger partial charge in [0.05, 0.1) is 6.20 Å². The Hall–Kier alpha value is -0.840. The monoisotopic (exact) mass is 160 g/mol. The van der Waals surface area contributed by atoms with Gasteiger partial charge in [0, 0.05) is 6.26 Å². The van der Waals surface area contributed by atoms with Crippen LogP contribution in [0, 0.1) is 5.75 Å². The van der Waals surface area contributed by atoms with Crippen LogP contribution in [0.5, 0.6) is 0 Å². The van der Waals surface area contributed by atoms with Crippen LogP contribution in [0.25, 0.3) is 0 Å². The van der Waals surface area contributed by atoms with Crippen LogP contribution in [0.15, 0.2) is 17.0 Å². The maximum Gasteiger partial charge on any atom is 0.180 e. The van der Waals surface area contributed by atoms with Gasteiger partial charge >= 0.3 is 0 Å². The molecule has 0 aliphatic rings. The first-order valence-electron chi connectivity index (χ1n) is 2.51. The zero-order chi connectivity index (χ0) is 7.61. The highest BCUT2D eigenvalue weighted by Crippen LogP contribution is 2.04. The summed E-state index contributed by atoms with van der Waals surface area (Å²) in [7, 11) is -3.11. The van der Waals surface area contributed by atoms with Crippen molar-refractivity contribution in [2.45, 2.75) is 0 Å². The Morgan fingerprint density at radius 2 is 2.40 bits per heavy atom. The fraction of sp³-hybridized carbons (Fsp3) is 0.200. The molecule has 55 valence electrons. The average Bonchev–Trinajstić information content (AvgIpc) is 2.12. The highest BCUT2D eigenvalue weighted by Gasteiger charge is 2.07. The van der Waals surface area contributed by atoms with Gasteiger partial charge in [0.1, 0.15) is 11.5 Å². The van der Waals surface area contributed by atoms with E-state index in [1.807, 2.05) is 0 Å². The summed E-state index contributed by atoms with van der Waals surface area (Å²) in [4.78, 5) is 3.54. The minimum atomic E-state index is -3.11. The maximum atomic E-state index is 10.6. The molecule has 4 nitrogen and oxygen atoms in total. The summed E-state index contributed by atoms with van der Waals surface area (Å²) in [5, 5.41) is 0. The quantitative estimate of drug-likeness (QED) is 0.621. The standard InChI is InChI=1S/C5H6NO3S/c1-10(7,8)3-5-2-6-4-9-5/h2-4H,1H3. The van der Waals surface area contributed by atoms with Gasteiger partial charge in [-0.1, -0.05) is 0 Å². The molecule has 1 rings (SSSR count). The number of rotatable bonds is 2. The van der Waals surface area contributed by atoms with Crippen molar-refractivity contribution in [3.05, 3.63) is 24.1 Å². The number of nitrogens with zero attached hydrogens (tertiary/aromatic N) is 1. The molecule has 0 saturated heterocycles. The summed E-state index contributed by atoms with van der Waals surface area (Å²) in [6, 6.07) is 0. The maximum absolute atomic E-state index is 10.6. The fourth-order valence-electron chi connectivity index (χ4n) is 0.495. The van der Waals surface area contributed by atoms with E-state index in [9.17, 15) is 8.42 Å². The average molecular weight is 160 g/mol. The molecular formula is C5H6NO3S. The summed E-state index contributed by atoms with van der Waals surface area (Å²) in [5.41, 5.74) is 0. The number of hydrogen-bond acceptors (Lipinski definition) is 4. The van der Waals surface area contributed by atoms with Crippen molar-refractivity contribution in [2.24, 2.45) is 0 Å². The Morgan fingerprint density at radius 3 is 2.80 bits per heavy atom. The molecule has 0 amide bonds. The van der Waals surface area contributed by atoms with Crippen LogP contribution in [0.4, 0.5) is 0 Å². The van der Waals surface area contributed by atoms with E-state index in [0.29, 0.717) is 0 Å². The van der Waals surface area contributed by atoms with E-state index in [-0.39, 0.29) is 5.76 Å². The van der Waals surface area contributed by atoms with Gasteiger partial charge < -0.3 is 4.42 Å². The van der Waals surface area contributed by atoms with Gasteiger partial charge in [-0.3, -0.25) is 0 Å². The molecule has 1 aromatic rings. The van der Waals surface area contributed by atoms with Crippen molar-refractivity contribution in [1.29, 1.82) is 0 Å². The molecule has 0 bridgehead atoms. The second kappa shape index (κ2) is 2.42. The minimum Gasteiger partial charge on any atom is -0.447 e. The summed E-state index contributed by atoms with van der Waals surface area (Å²) >= 11 is 0. The van der Waals surface area contributed by atoms with Crippen molar-refractivity contribution in [3.63, 3.8) is 0 Å². The zero-order valence-electron chi connectivity index (χ0n) is 5.31. The highest BCUT2D eigenvalue weighted by atomic mass is 32.2. The Bertz CT molecular complexity index is 287. The highest BCUT2D eigenvalue weighted by molar-refractivity contribution is 7.92. The molecule has 0 N–H and O–H groups in total. The van der Waals surface area contributed by atoms with Gasteiger partial charge in [0.15, 0.2) is 16.2 Å². The molecule has 0 unspecified atom stereocenters. The first-order chi connectivity index (χ1) is 4.58. The second-order valence-electron chi connectivity index (χ2n) is 1.85. The van der Waals surface area contributed by atoms with E-state index in [1.165, 1.54) is 12.6 Å². The van der Waals surface area contributed by atoms with Crippen LogP contribution < -0.4 is 0 Å². The number of oxazole rings is 1. The van der Waals surface area contributed by atoms with Crippen molar-refractivity contribution < 1.29 is 12.8 Å². The Labute approximate surface area is 58.8 Å². The largest absolute Gasteiger partial charge is 0.447 e. The smallest absolute Gasteiger partial charge is 0.180 e. The molecule has 0 spiro atoms. The molecule has 1 aromatic heterocycles. The van der Waals surface area contributed by atoms with Gasteiger partial charge in [-0.15, -0.1) is 0 Å². The fourth-order valence-corrected chi connectivity index (χ4v) is 1.03. The molecule has 0 aliphatic heterocycles. The molecule has 0 aromatic carbocycles. The molecule has 0 aliphatic carbocycles. The third-order valence-electron chi connectivity index (χ3n) is 0.782. The van der Waals surface area contributed by atoms with Crippen LogP contribution in [0.2, 0.25) is 0 Å². The minimum absolute atomic E-state index is 0.252. The normalized spacial score (nSPS) is 11.7. The molecule has 10 heavy (non-hydrogen) atoms. The van der Waals surface area contributed by atoms with E-state index in [0.717, 1.165) is 12.0 Å². The molecule has 1 radical (unpaired) electrons. The summed E-state index contributed by atoms with van der Waals surface area (Å²) in [6.45, 7) is 0. The number of sulfone groups is 1. The van der Waals surface area contributed by atoms with Crippen LogP contribution in [-0.2, 0) is 9.84 Å². The van der Waals surface area contributed by atoms with Crippen LogP contribution in [0.1, 0.15) is 5.76 Å². The first-order valence-corrected chi connectivity index (χ1v) is 4.47. The first kappa shape index (κ1) is 7.27. The topological polar surface area (TPSA) is 60.2 Å². The SMILES string of the molecule is CS(=O)(=O)[CH]c1cnco1. The van der Waals surface area contributed by atoms with Gasteiger partial charge in [-0.25, -0.2) is 13.4 Å². The van der Waals surface area contributed by atoms with Crippen LogP contribution >= 0.6 is 0 Å². The Morgan fingerprint density at radius 1 is 1.70 bits per heavy atom. The lowest BCUT2D eigenvalue weighted by atomic mass is 10.6. The van der Waals surface area contributed by atoms with Gasteiger partial charge in [0.2, 0.25) is 0 Å². The summed E-state index contributed by atoms with van der Waals surface area (Å²) in [5.74, 6) is 1.27.